The summed E-state index contributed by atoms with van der Waals surface area (Å²) in [5.41, 5.74) is 7.19. The SMILES string of the molecule is CN1C(=O)c2cccc(-n3c4ccc(-c5cc(C#N)cc(C#N)c5)cc4c4cc(-c5cc(C#N)cc(C#N)c5)ccc43)c2C1=O. The minimum atomic E-state index is -0.386. The number of hydrogen-bond acceptors (Lipinski definition) is 6. The summed E-state index contributed by atoms with van der Waals surface area (Å²) in [6, 6.07) is 35.3. The Morgan fingerprint density at radius 1 is 0.533 bits per heavy atom. The molecular weight excluding hydrogens is 560 g/mol. The summed E-state index contributed by atoms with van der Waals surface area (Å²) in [5.74, 6) is -0.748. The average molecular weight is 579 g/mol. The summed E-state index contributed by atoms with van der Waals surface area (Å²) in [5, 5.41) is 39.9. The largest absolute Gasteiger partial charge is 0.308 e. The number of nitrogens with zero attached hydrogens (tertiary/aromatic N) is 6. The Bertz CT molecular complexity index is 2300. The Morgan fingerprint density at radius 3 is 1.44 bits per heavy atom. The van der Waals surface area contributed by atoms with E-state index in [1.807, 2.05) is 47.0 Å². The third-order valence-electron chi connectivity index (χ3n) is 8.15. The van der Waals surface area contributed by atoms with Gasteiger partial charge in [-0.15, -0.1) is 0 Å². The van der Waals surface area contributed by atoms with E-state index in [0.717, 1.165) is 37.8 Å². The highest BCUT2D eigenvalue weighted by molar-refractivity contribution is 6.23. The molecule has 0 spiro atoms. The van der Waals surface area contributed by atoms with Gasteiger partial charge in [-0.25, -0.2) is 0 Å². The first-order valence-electron chi connectivity index (χ1n) is 13.8. The Kier molecular flexibility index (Phi) is 6.01. The van der Waals surface area contributed by atoms with E-state index < -0.39 is 0 Å². The van der Waals surface area contributed by atoms with Crippen molar-refractivity contribution < 1.29 is 9.59 Å². The monoisotopic (exact) mass is 578 g/mol. The Morgan fingerprint density at radius 2 is 1.00 bits per heavy atom. The van der Waals surface area contributed by atoms with Crippen molar-refractivity contribution in [2.45, 2.75) is 0 Å². The normalized spacial score (nSPS) is 12.1. The summed E-state index contributed by atoms with van der Waals surface area (Å²) < 4.78 is 1.96. The number of amides is 2. The van der Waals surface area contributed by atoms with Gasteiger partial charge in [-0.05, 0) is 95.1 Å². The zero-order valence-corrected chi connectivity index (χ0v) is 23.7. The number of carbonyl (C=O) groups is 2. The molecule has 8 nitrogen and oxygen atoms in total. The average Bonchev–Trinajstić information content (AvgIpc) is 3.53. The molecule has 0 unspecified atom stereocenters. The highest BCUT2D eigenvalue weighted by Gasteiger charge is 2.35. The van der Waals surface area contributed by atoms with E-state index in [0.29, 0.717) is 50.2 Å². The quantitative estimate of drug-likeness (QED) is 0.211. The van der Waals surface area contributed by atoms with E-state index >= 15 is 0 Å². The second-order valence-corrected chi connectivity index (χ2v) is 10.7. The van der Waals surface area contributed by atoms with Gasteiger partial charge in [0.2, 0.25) is 0 Å². The lowest BCUT2D eigenvalue weighted by Gasteiger charge is -2.12. The zero-order valence-electron chi connectivity index (χ0n) is 23.7. The van der Waals surface area contributed by atoms with Crippen LogP contribution < -0.4 is 0 Å². The molecule has 45 heavy (non-hydrogen) atoms. The zero-order chi connectivity index (χ0) is 31.4. The van der Waals surface area contributed by atoms with Crippen LogP contribution in [0.1, 0.15) is 43.0 Å². The molecule has 0 saturated heterocycles. The number of rotatable bonds is 3. The maximum Gasteiger partial charge on any atom is 0.263 e. The van der Waals surface area contributed by atoms with Gasteiger partial charge < -0.3 is 4.57 Å². The standard InChI is InChI=1S/C37H18N6O2/c1-42-36(44)29-3-2-4-34(35(29)37(42)45)43-32-7-5-25(27-11-21(17-38)9-22(12-27)18-39)15-30(32)31-16-26(6-8-33(31)43)28-13-23(19-40)10-24(14-28)20-41/h2-16H,1H3. The molecule has 0 fully saturated rings. The first-order chi connectivity index (χ1) is 21.8. The molecule has 0 radical (unpaired) electrons. The molecule has 1 aromatic heterocycles. The van der Waals surface area contributed by atoms with Crippen molar-refractivity contribution >= 4 is 33.6 Å². The van der Waals surface area contributed by atoms with Crippen LogP contribution in [0.2, 0.25) is 0 Å². The van der Waals surface area contributed by atoms with Gasteiger partial charge in [0.1, 0.15) is 0 Å². The molecule has 6 aromatic rings. The highest BCUT2D eigenvalue weighted by Crippen LogP contribution is 2.39. The molecule has 208 valence electrons. The minimum Gasteiger partial charge on any atom is -0.308 e. The fourth-order valence-electron chi connectivity index (χ4n) is 6.06. The summed E-state index contributed by atoms with van der Waals surface area (Å²) in [4.78, 5) is 27.3. The van der Waals surface area contributed by atoms with Crippen LogP contribution in [0.3, 0.4) is 0 Å². The van der Waals surface area contributed by atoms with Crippen LogP contribution in [0.5, 0.6) is 0 Å². The predicted octanol–water partition coefficient (Wildman–Crippen LogP) is 6.83. The fraction of sp³-hybridized carbons (Fsp3) is 0.0270. The van der Waals surface area contributed by atoms with E-state index in [-0.39, 0.29) is 11.8 Å². The fourth-order valence-corrected chi connectivity index (χ4v) is 6.06. The van der Waals surface area contributed by atoms with Gasteiger partial charge in [0, 0.05) is 17.8 Å². The van der Waals surface area contributed by atoms with Gasteiger partial charge in [0.05, 0.1) is 74.4 Å². The second-order valence-electron chi connectivity index (χ2n) is 10.7. The predicted molar refractivity (Wildman–Crippen MR) is 167 cm³/mol. The van der Waals surface area contributed by atoms with Crippen LogP contribution in [0.15, 0.2) is 91.0 Å². The molecule has 0 aliphatic carbocycles. The van der Waals surface area contributed by atoms with Gasteiger partial charge in [-0.2, -0.15) is 21.0 Å². The van der Waals surface area contributed by atoms with E-state index in [9.17, 15) is 30.6 Å². The van der Waals surface area contributed by atoms with Crippen LogP contribution >= 0.6 is 0 Å². The molecule has 2 amide bonds. The van der Waals surface area contributed by atoms with Gasteiger partial charge in [-0.1, -0.05) is 18.2 Å². The van der Waals surface area contributed by atoms with Crippen LogP contribution in [-0.4, -0.2) is 28.3 Å². The lowest BCUT2D eigenvalue weighted by Crippen LogP contribution is -2.24. The van der Waals surface area contributed by atoms with Gasteiger partial charge >= 0.3 is 0 Å². The van der Waals surface area contributed by atoms with E-state index in [4.69, 9.17) is 0 Å². The van der Waals surface area contributed by atoms with Gasteiger partial charge in [0.25, 0.3) is 11.8 Å². The molecule has 2 heterocycles. The highest BCUT2D eigenvalue weighted by atomic mass is 16.2. The van der Waals surface area contributed by atoms with Crippen molar-refractivity contribution in [1.82, 2.24) is 9.47 Å². The molecule has 1 aliphatic heterocycles. The van der Waals surface area contributed by atoms with Crippen LogP contribution in [0, 0.1) is 45.3 Å². The van der Waals surface area contributed by atoms with Crippen molar-refractivity contribution in [3.8, 4) is 52.2 Å². The molecule has 0 saturated carbocycles. The number of hydrogen-bond donors (Lipinski definition) is 0. The van der Waals surface area contributed by atoms with Crippen LogP contribution in [0.25, 0.3) is 49.7 Å². The second kappa shape index (κ2) is 10.1. The number of imide groups is 1. The smallest absolute Gasteiger partial charge is 0.263 e. The van der Waals surface area contributed by atoms with Crippen molar-refractivity contribution in [3.05, 3.63) is 124 Å². The number of carbonyl (C=O) groups excluding carboxylic acids is 2. The van der Waals surface area contributed by atoms with Crippen molar-refractivity contribution in [2.75, 3.05) is 7.05 Å². The molecule has 0 atom stereocenters. The minimum absolute atomic E-state index is 0.317. The van der Waals surface area contributed by atoms with E-state index in [1.165, 1.54) is 19.2 Å². The lowest BCUT2D eigenvalue weighted by molar-refractivity contribution is 0.0693. The Balaban J connectivity index is 1.55. The number of benzene rings is 5. The molecular formula is C37H18N6O2. The Hall–Kier alpha value is -7.00. The summed E-state index contributed by atoms with van der Waals surface area (Å²) in [6.07, 6.45) is 0. The van der Waals surface area contributed by atoms with Gasteiger partial charge in [0.15, 0.2) is 0 Å². The molecule has 8 heteroatoms. The first-order valence-corrected chi connectivity index (χ1v) is 13.8. The van der Waals surface area contributed by atoms with Crippen molar-refractivity contribution in [1.29, 1.82) is 21.0 Å². The van der Waals surface area contributed by atoms with Crippen LogP contribution in [-0.2, 0) is 0 Å². The molecule has 7 rings (SSSR count). The molecule has 0 N–H and O–H groups in total. The van der Waals surface area contributed by atoms with Crippen LogP contribution in [0.4, 0.5) is 0 Å². The number of fused-ring (bicyclic) bond motifs is 4. The first kappa shape index (κ1) is 26.9. The number of aromatic nitrogens is 1. The topological polar surface area (TPSA) is 137 Å². The maximum absolute atomic E-state index is 13.3. The van der Waals surface area contributed by atoms with E-state index in [2.05, 4.69) is 24.3 Å². The molecule has 5 aromatic carbocycles. The lowest BCUT2D eigenvalue weighted by atomic mass is 9.97. The van der Waals surface area contributed by atoms with Gasteiger partial charge in [-0.3, -0.25) is 14.5 Å². The Labute approximate surface area is 257 Å². The number of nitriles is 4. The van der Waals surface area contributed by atoms with Crippen molar-refractivity contribution in [3.63, 3.8) is 0 Å². The third-order valence-corrected chi connectivity index (χ3v) is 8.15. The summed E-state index contributed by atoms with van der Waals surface area (Å²) in [6.45, 7) is 0. The molecule has 1 aliphatic rings. The summed E-state index contributed by atoms with van der Waals surface area (Å²) >= 11 is 0. The third kappa shape index (κ3) is 4.11. The van der Waals surface area contributed by atoms with Crippen molar-refractivity contribution in [2.24, 2.45) is 0 Å². The summed E-state index contributed by atoms with van der Waals surface area (Å²) in [7, 11) is 1.47. The van der Waals surface area contributed by atoms with E-state index in [1.54, 1.807) is 36.4 Å². The maximum atomic E-state index is 13.3. The molecule has 0 bridgehead atoms.